The summed E-state index contributed by atoms with van der Waals surface area (Å²) in [7, 11) is -3.50. The molecule has 0 bridgehead atoms. The van der Waals surface area contributed by atoms with E-state index in [0.717, 1.165) is 36.1 Å². The van der Waals surface area contributed by atoms with Crippen LogP contribution in [-0.4, -0.2) is 61.1 Å². The number of hydrogen-bond donors (Lipinski definition) is 1. The van der Waals surface area contributed by atoms with Gasteiger partial charge < -0.3 is 5.11 Å². The number of aliphatic hydroxyl groups excluding tert-OH is 1. The Balaban J connectivity index is 1.37. The first-order valence-electron chi connectivity index (χ1n) is 11.8. The first-order valence-corrected chi connectivity index (χ1v) is 14.1. The molecule has 0 radical (unpaired) electrons. The van der Waals surface area contributed by atoms with Gasteiger partial charge in [0.25, 0.3) is 10.0 Å². The molecule has 34 heavy (non-hydrogen) atoms. The number of benzene rings is 2. The Bertz CT molecular complexity index is 1210. The Morgan fingerprint density at radius 2 is 1.62 bits per heavy atom. The lowest BCUT2D eigenvalue weighted by molar-refractivity contribution is -0.0553. The minimum Gasteiger partial charge on any atom is -0.395 e. The zero-order valence-electron chi connectivity index (χ0n) is 19.0. The zero-order valence-corrected chi connectivity index (χ0v) is 20.7. The van der Waals surface area contributed by atoms with Crippen molar-refractivity contribution in [1.29, 1.82) is 0 Å². The van der Waals surface area contributed by atoms with Gasteiger partial charge >= 0.3 is 0 Å². The van der Waals surface area contributed by atoms with Crippen LogP contribution < -0.4 is 0 Å². The molecule has 0 unspecified atom stereocenters. The predicted octanol–water partition coefficient (Wildman–Crippen LogP) is 4.53. The Hall–Kier alpha value is -2.29. The highest BCUT2D eigenvalue weighted by atomic mass is 32.2. The summed E-state index contributed by atoms with van der Waals surface area (Å²) in [5.41, 5.74) is 3.43. The average Bonchev–Trinajstić information content (AvgIpc) is 3.39. The molecule has 3 heterocycles. The summed E-state index contributed by atoms with van der Waals surface area (Å²) in [6.45, 7) is 1.98. The van der Waals surface area contributed by atoms with Crippen molar-refractivity contribution < 1.29 is 13.5 Å². The van der Waals surface area contributed by atoms with Crippen molar-refractivity contribution in [3.63, 3.8) is 0 Å². The van der Waals surface area contributed by atoms with Crippen LogP contribution in [0, 0.1) is 0 Å². The van der Waals surface area contributed by atoms with Gasteiger partial charge in [-0.25, -0.2) is 8.42 Å². The molecule has 2 fully saturated rings. The maximum atomic E-state index is 13.3. The largest absolute Gasteiger partial charge is 0.395 e. The van der Waals surface area contributed by atoms with Gasteiger partial charge in [0.1, 0.15) is 4.21 Å². The lowest BCUT2D eigenvalue weighted by Crippen LogP contribution is -2.67. The number of nitrogens with zero attached hydrogens (tertiary/aromatic N) is 2. The van der Waals surface area contributed by atoms with Gasteiger partial charge in [0.15, 0.2) is 0 Å². The first-order chi connectivity index (χ1) is 16.6. The zero-order chi connectivity index (χ0) is 23.5. The molecule has 2 aliphatic rings. The molecule has 2 aromatic carbocycles. The topological polar surface area (TPSA) is 60.9 Å². The van der Waals surface area contributed by atoms with Crippen LogP contribution in [0.3, 0.4) is 0 Å². The fourth-order valence-corrected chi connectivity index (χ4v) is 7.89. The lowest BCUT2D eigenvalue weighted by atomic mass is 9.74. The Labute approximate surface area is 206 Å². The number of fused-ring (bicyclic) bond motifs is 1. The predicted molar refractivity (Wildman–Crippen MR) is 138 cm³/mol. The highest BCUT2D eigenvalue weighted by Gasteiger charge is 2.50. The van der Waals surface area contributed by atoms with Crippen molar-refractivity contribution in [1.82, 2.24) is 9.21 Å². The van der Waals surface area contributed by atoms with Gasteiger partial charge in [-0.3, -0.25) is 4.90 Å². The lowest BCUT2D eigenvalue weighted by Gasteiger charge is -2.57. The summed E-state index contributed by atoms with van der Waals surface area (Å²) in [4.78, 5) is 2.31. The van der Waals surface area contributed by atoms with E-state index in [1.54, 1.807) is 16.4 Å². The third kappa shape index (κ3) is 4.63. The van der Waals surface area contributed by atoms with Gasteiger partial charge in [-0.15, -0.1) is 11.3 Å². The molecular formula is C27H30N2O3S2. The van der Waals surface area contributed by atoms with E-state index in [4.69, 9.17) is 0 Å². The van der Waals surface area contributed by atoms with E-state index in [1.807, 2.05) is 23.6 Å². The Morgan fingerprint density at radius 1 is 0.912 bits per heavy atom. The summed E-state index contributed by atoms with van der Waals surface area (Å²) < 4.78 is 28.6. The molecule has 5 nitrogen and oxygen atoms in total. The van der Waals surface area contributed by atoms with Crippen molar-refractivity contribution in [2.75, 3.05) is 26.2 Å². The Morgan fingerprint density at radius 3 is 2.29 bits per heavy atom. The highest BCUT2D eigenvalue weighted by molar-refractivity contribution is 7.91. The standard InChI is InChI=1S/C27H30N2O3S2/c30-20-25-27(23-14-12-22(13-15-23)11-10-21-7-2-1-3-8-21)24-19-28(16-4-5-17-29(24)25)34(31,32)26-9-6-18-33-26/h1-3,6-15,18,24-25,27,30H,4-5,16-17,19-20H2/b11-10+/t24-,25-,27-/m0/s1. The molecule has 0 aliphatic carbocycles. The first kappa shape index (κ1) is 23.5. The van der Waals surface area contributed by atoms with Crippen molar-refractivity contribution >= 4 is 33.5 Å². The highest BCUT2D eigenvalue weighted by Crippen LogP contribution is 2.42. The van der Waals surface area contributed by atoms with Gasteiger partial charge in [0.05, 0.1) is 6.61 Å². The third-order valence-electron chi connectivity index (χ3n) is 7.01. The van der Waals surface area contributed by atoms with Gasteiger partial charge in [-0.2, -0.15) is 4.31 Å². The molecule has 0 amide bonds. The molecule has 3 aromatic rings. The van der Waals surface area contributed by atoms with Crippen LogP contribution in [0.5, 0.6) is 0 Å². The fraction of sp³-hybridized carbons (Fsp3) is 0.333. The maximum absolute atomic E-state index is 13.3. The fourth-order valence-electron chi connectivity index (χ4n) is 5.25. The van der Waals surface area contributed by atoms with Gasteiger partial charge in [-0.1, -0.05) is 72.8 Å². The molecule has 0 spiro atoms. The van der Waals surface area contributed by atoms with E-state index in [0.29, 0.717) is 17.3 Å². The van der Waals surface area contributed by atoms with E-state index in [9.17, 15) is 13.5 Å². The minimum absolute atomic E-state index is 0.0279. The molecule has 1 N–H and O–H groups in total. The van der Waals surface area contributed by atoms with Crippen LogP contribution >= 0.6 is 11.3 Å². The molecule has 2 aliphatic heterocycles. The van der Waals surface area contributed by atoms with Crippen LogP contribution in [-0.2, 0) is 10.0 Å². The molecule has 5 rings (SSSR count). The normalized spacial score (nSPS) is 24.3. The number of hydrogen-bond acceptors (Lipinski definition) is 5. The number of rotatable bonds is 6. The average molecular weight is 495 g/mol. The molecule has 1 aromatic heterocycles. The molecule has 3 atom stereocenters. The monoisotopic (exact) mass is 494 g/mol. The van der Waals surface area contributed by atoms with Crippen LogP contribution in [0.4, 0.5) is 0 Å². The second kappa shape index (κ2) is 10.1. The molecule has 178 valence electrons. The molecular weight excluding hydrogens is 464 g/mol. The smallest absolute Gasteiger partial charge is 0.252 e. The van der Waals surface area contributed by atoms with E-state index in [2.05, 4.69) is 53.5 Å². The third-order valence-corrected chi connectivity index (χ3v) is 10.2. The van der Waals surface area contributed by atoms with Gasteiger partial charge in [0, 0.05) is 31.1 Å². The van der Waals surface area contributed by atoms with Crippen molar-refractivity contribution in [3.8, 4) is 0 Å². The summed E-state index contributed by atoms with van der Waals surface area (Å²) >= 11 is 1.27. The van der Waals surface area contributed by atoms with Crippen molar-refractivity contribution in [3.05, 3.63) is 88.8 Å². The van der Waals surface area contributed by atoms with E-state index in [1.165, 1.54) is 11.3 Å². The summed E-state index contributed by atoms with van der Waals surface area (Å²) in [6.07, 6.45) is 5.96. The quantitative estimate of drug-likeness (QED) is 0.512. The number of sulfonamides is 1. The second-order valence-electron chi connectivity index (χ2n) is 8.99. The molecule has 7 heteroatoms. The molecule has 0 saturated carbocycles. The van der Waals surface area contributed by atoms with Gasteiger partial charge in [-0.05, 0) is 47.5 Å². The van der Waals surface area contributed by atoms with Crippen molar-refractivity contribution in [2.24, 2.45) is 0 Å². The van der Waals surface area contributed by atoms with E-state index >= 15 is 0 Å². The molecule has 2 saturated heterocycles. The van der Waals surface area contributed by atoms with Crippen LogP contribution in [0.2, 0.25) is 0 Å². The number of thiophene rings is 1. The summed E-state index contributed by atoms with van der Waals surface area (Å²) in [5.74, 6) is 0.108. The Kier molecular flexibility index (Phi) is 6.99. The summed E-state index contributed by atoms with van der Waals surface area (Å²) in [6, 6.07) is 22.2. The number of aliphatic hydroxyl groups is 1. The summed E-state index contributed by atoms with van der Waals surface area (Å²) in [5, 5.41) is 12.0. The maximum Gasteiger partial charge on any atom is 0.252 e. The SMILES string of the molecule is O=S(=O)(c1cccs1)N1CCCCN2[C@@H](CO)[C@@H](c3ccc(/C=C/c4ccccc4)cc3)[C@@H]2C1. The van der Waals surface area contributed by atoms with Crippen LogP contribution in [0.25, 0.3) is 12.2 Å². The van der Waals surface area contributed by atoms with Gasteiger partial charge in [0.2, 0.25) is 0 Å². The second-order valence-corrected chi connectivity index (χ2v) is 12.1. The minimum atomic E-state index is -3.50. The van der Waals surface area contributed by atoms with Crippen LogP contribution in [0.15, 0.2) is 76.3 Å². The van der Waals surface area contributed by atoms with Crippen LogP contribution in [0.1, 0.15) is 35.4 Å². The van der Waals surface area contributed by atoms with E-state index in [-0.39, 0.29) is 24.6 Å². The van der Waals surface area contributed by atoms with E-state index < -0.39 is 10.0 Å². The van der Waals surface area contributed by atoms with Crippen molar-refractivity contribution in [2.45, 2.75) is 35.1 Å².